The standard InChI is InChI=1S/C50H36N2S2/c1-7-19-37(20-8-1)45-35-53-49(47(45)39-23-11-3-12-24-39)51(41-27-15-5-16-28-41)43-31-33-44(34-32-43)52(42-29-17-6-18-30-42)50-48(40-25-13-4-14-26-40)46(36-54-50)38-21-9-2-10-22-38/h1-36H/q+1. The first-order valence-corrected chi connectivity index (χ1v) is 19.8. The molecule has 54 heavy (non-hydrogen) atoms. The van der Waals surface area contributed by atoms with Crippen molar-refractivity contribution in [1.82, 2.24) is 4.90 Å². The lowest BCUT2D eigenvalue weighted by Crippen LogP contribution is -2.12. The lowest BCUT2D eigenvalue weighted by molar-refractivity contribution is 0.952. The Bertz CT molecular complexity index is 2380. The van der Waals surface area contributed by atoms with Gasteiger partial charge in [0.25, 0.3) is 5.00 Å². The first kappa shape index (κ1) is 33.5. The topological polar surface area (TPSA) is 9.14 Å². The van der Waals surface area contributed by atoms with Crippen molar-refractivity contribution < 1.29 is 0 Å². The van der Waals surface area contributed by atoms with E-state index in [9.17, 15) is 0 Å². The van der Waals surface area contributed by atoms with Gasteiger partial charge in [-0.15, -0.1) is 11.3 Å². The Morgan fingerprint density at radius 2 is 0.722 bits per heavy atom. The van der Waals surface area contributed by atoms with Crippen LogP contribution in [-0.4, -0.2) is 0 Å². The number of para-hydroxylation sites is 2. The SMILES string of the molecule is c1ccc(-c2csc(N(c3ccccc3)c3ccc([N+](c4ccccc4)c4scc(-c5ccccc5)c4-c4ccccc4)cc3)c2-c2ccccc2)cc1. The van der Waals surface area contributed by atoms with Crippen LogP contribution >= 0.6 is 22.7 Å². The summed E-state index contributed by atoms with van der Waals surface area (Å²) >= 11 is 3.57. The summed E-state index contributed by atoms with van der Waals surface area (Å²) in [7, 11) is 0. The Kier molecular flexibility index (Phi) is 9.53. The molecule has 1 radical (unpaired) electrons. The minimum Gasteiger partial charge on any atom is -0.301 e. The first-order chi connectivity index (χ1) is 26.8. The Morgan fingerprint density at radius 3 is 1.26 bits per heavy atom. The normalized spacial score (nSPS) is 11.1. The average Bonchev–Trinajstić information content (AvgIpc) is 3.89. The van der Waals surface area contributed by atoms with Crippen LogP contribution in [-0.2, 0) is 0 Å². The highest BCUT2D eigenvalue weighted by molar-refractivity contribution is 7.15. The summed E-state index contributed by atoms with van der Waals surface area (Å²) in [6.07, 6.45) is 0. The van der Waals surface area contributed by atoms with Gasteiger partial charge in [0.05, 0.1) is 5.56 Å². The number of hydrogen-bond donors (Lipinski definition) is 0. The highest BCUT2D eigenvalue weighted by Gasteiger charge is 2.33. The van der Waals surface area contributed by atoms with Crippen LogP contribution in [0.1, 0.15) is 0 Å². The maximum Gasteiger partial charge on any atom is 0.256 e. The van der Waals surface area contributed by atoms with Crippen LogP contribution in [0.2, 0.25) is 0 Å². The van der Waals surface area contributed by atoms with Crippen molar-refractivity contribution in [2.24, 2.45) is 0 Å². The minimum absolute atomic E-state index is 1.09. The third-order valence-corrected chi connectivity index (χ3v) is 11.6. The van der Waals surface area contributed by atoms with Gasteiger partial charge in [-0.1, -0.05) is 169 Å². The zero-order valence-corrected chi connectivity index (χ0v) is 31.1. The molecule has 0 aliphatic rings. The predicted molar refractivity (Wildman–Crippen MR) is 233 cm³/mol. The molecule has 0 saturated heterocycles. The second-order valence-electron chi connectivity index (χ2n) is 13.0. The van der Waals surface area contributed by atoms with E-state index in [1.165, 1.54) is 54.5 Å². The molecule has 0 saturated carbocycles. The summed E-state index contributed by atoms with van der Waals surface area (Å²) in [6, 6.07) is 73.5. The second-order valence-corrected chi connectivity index (χ2v) is 14.7. The van der Waals surface area contributed by atoms with Gasteiger partial charge in [-0.3, -0.25) is 0 Å². The Hall–Kier alpha value is -6.30. The van der Waals surface area contributed by atoms with Gasteiger partial charge in [0.15, 0.2) is 11.4 Å². The zero-order valence-electron chi connectivity index (χ0n) is 29.5. The van der Waals surface area contributed by atoms with E-state index in [2.05, 4.69) is 227 Å². The van der Waals surface area contributed by atoms with Crippen molar-refractivity contribution in [3.8, 4) is 44.5 Å². The van der Waals surface area contributed by atoms with Gasteiger partial charge < -0.3 is 4.90 Å². The summed E-state index contributed by atoms with van der Waals surface area (Å²) in [5, 5.41) is 6.97. The number of benzene rings is 7. The van der Waals surface area contributed by atoms with Crippen LogP contribution < -0.4 is 9.80 Å². The highest BCUT2D eigenvalue weighted by atomic mass is 32.1. The molecular weight excluding hydrogens is 693 g/mol. The molecule has 0 spiro atoms. The van der Waals surface area contributed by atoms with E-state index in [1.54, 1.807) is 22.7 Å². The summed E-state index contributed by atoms with van der Waals surface area (Å²) in [4.78, 5) is 4.81. The lowest BCUT2D eigenvalue weighted by atomic mass is 9.97. The average molecular weight is 729 g/mol. The van der Waals surface area contributed by atoms with Gasteiger partial charge in [-0.2, -0.15) is 0 Å². The number of rotatable bonds is 10. The van der Waals surface area contributed by atoms with E-state index in [-0.39, 0.29) is 0 Å². The van der Waals surface area contributed by atoms with E-state index in [4.69, 9.17) is 0 Å². The van der Waals surface area contributed by atoms with E-state index in [0.717, 1.165) is 22.7 Å². The molecule has 0 N–H and O–H groups in total. The molecule has 9 rings (SSSR count). The third kappa shape index (κ3) is 6.59. The fourth-order valence-electron chi connectivity index (χ4n) is 7.12. The van der Waals surface area contributed by atoms with Gasteiger partial charge in [0.2, 0.25) is 0 Å². The molecule has 2 heterocycles. The van der Waals surface area contributed by atoms with Crippen molar-refractivity contribution in [2.45, 2.75) is 0 Å². The summed E-state index contributed by atoms with van der Waals surface area (Å²) in [5.74, 6) is 0. The van der Waals surface area contributed by atoms with Crippen LogP contribution in [0.15, 0.2) is 217 Å². The predicted octanol–water partition coefficient (Wildman–Crippen LogP) is 15.4. The number of nitrogens with zero attached hydrogens (tertiary/aromatic N) is 2. The van der Waals surface area contributed by atoms with Crippen molar-refractivity contribution in [3.05, 3.63) is 217 Å². The summed E-state index contributed by atoms with van der Waals surface area (Å²) in [5.41, 5.74) is 14.1. The molecule has 0 aliphatic carbocycles. The highest BCUT2D eigenvalue weighted by Crippen LogP contribution is 2.52. The molecule has 0 fully saturated rings. The van der Waals surface area contributed by atoms with E-state index in [0.29, 0.717) is 0 Å². The number of anilines is 6. The zero-order chi connectivity index (χ0) is 36.1. The van der Waals surface area contributed by atoms with Crippen LogP contribution in [0.4, 0.5) is 32.8 Å². The van der Waals surface area contributed by atoms with E-state index in [1.807, 2.05) is 0 Å². The fourth-order valence-corrected chi connectivity index (χ4v) is 9.42. The number of hydrogen-bond acceptors (Lipinski definition) is 4. The Labute approximate surface area is 325 Å². The molecule has 2 aromatic heterocycles. The van der Waals surface area contributed by atoms with Gasteiger partial charge in [-0.05, 0) is 51.4 Å². The molecule has 0 unspecified atom stereocenters. The largest absolute Gasteiger partial charge is 0.301 e. The van der Waals surface area contributed by atoms with Crippen LogP contribution in [0.25, 0.3) is 44.5 Å². The fraction of sp³-hybridized carbons (Fsp3) is 0. The first-order valence-electron chi connectivity index (χ1n) is 18.1. The smallest absolute Gasteiger partial charge is 0.256 e. The minimum atomic E-state index is 1.09. The van der Waals surface area contributed by atoms with Crippen LogP contribution in [0.3, 0.4) is 0 Å². The van der Waals surface area contributed by atoms with Crippen molar-refractivity contribution >= 4 is 55.4 Å². The van der Waals surface area contributed by atoms with E-state index < -0.39 is 0 Å². The molecular formula is C50H36N2S2+. The monoisotopic (exact) mass is 728 g/mol. The van der Waals surface area contributed by atoms with Crippen molar-refractivity contribution in [1.29, 1.82) is 0 Å². The van der Waals surface area contributed by atoms with Crippen LogP contribution in [0.5, 0.6) is 0 Å². The molecule has 0 atom stereocenters. The third-order valence-electron chi connectivity index (χ3n) is 9.64. The summed E-state index contributed by atoms with van der Waals surface area (Å²) < 4.78 is 0. The molecule has 7 aromatic carbocycles. The lowest BCUT2D eigenvalue weighted by Gasteiger charge is -2.26. The molecule has 257 valence electrons. The number of thiophene rings is 2. The Morgan fingerprint density at radius 1 is 0.333 bits per heavy atom. The quantitative estimate of drug-likeness (QED) is 0.127. The molecule has 4 heteroatoms. The maximum absolute atomic E-state index is 2.41. The Balaban J connectivity index is 1.20. The molecule has 0 bridgehead atoms. The van der Waals surface area contributed by atoms with Gasteiger partial charge in [0.1, 0.15) is 5.00 Å². The molecule has 9 aromatic rings. The second kappa shape index (κ2) is 15.4. The van der Waals surface area contributed by atoms with Gasteiger partial charge in [0, 0.05) is 63.1 Å². The summed E-state index contributed by atoms with van der Waals surface area (Å²) in [6.45, 7) is 0. The molecule has 0 amide bonds. The maximum atomic E-state index is 2.41. The van der Waals surface area contributed by atoms with Gasteiger partial charge >= 0.3 is 0 Å². The molecule has 2 nitrogen and oxygen atoms in total. The van der Waals surface area contributed by atoms with Crippen molar-refractivity contribution in [3.63, 3.8) is 0 Å². The van der Waals surface area contributed by atoms with Crippen molar-refractivity contribution in [2.75, 3.05) is 4.90 Å². The molecule has 0 aliphatic heterocycles. The van der Waals surface area contributed by atoms with Gasteiger partial charge in [-0.25, -0.2) is 0 Å². The van der Waals surface area contributed by atoms with E-state index >= 15 is 0 Å². The van der Waals surface area contributed by atoms with Crippen LogP contribution in [0, 0.1) is 0 Å².